The average Bonchev–Trinajstić information content (AvgIpc) is 2.71. The molecule has 0 spiro atoms. The van der Waals surface area contributed by atoms with Gasteiger partial charge in [0.1, 0.15) is 0 Å². The van der Waals surface area contributed by atoms with Gasteiger partial charge >= 0.3 is 0 Å². The maximum atomic E-state index is 5.43. The summed E-state index contributed by atoms with van der Waals surface area (Å²) in [7, 11) is 0. The zero-order chi connectivity index (χ0) is 10.2. The van der Waals surface area contributed by atoms with Crippen LogP contribution in [0.1, 0.15) is 46.0 Å². The molecule has 1 heterocycles. The number of unbranched alkanes of at least 4 members (excludes halogenated alkanes) is 2. The Morgan fingerprint density at radius 1 is 1.36 bits per heavy atom. The number of ether oxygens (including phenoxy) is 1. The lowest BCUT2D eigenvalue weighted by atomic mass is 9.97. The van der Waals surface area contributed by atoms with Crippen molar-refractivity contribution in [1.82, 2.24) is 5.32 Å². The lowest BCUT2D eigenvalue weighted by molar-refractivity contribution is 0.175. The largest absolute Gasteiger partial charge is 0.381 e. The zero-order valence-electron chi connectivity index (χ0n) is 9.72. The standard InChI is InChI=1S/C12H25NO/c1-3-5-6-8-13-12(4-2)11-7-9-14-10-11/h11-13H,3-10H2,1-2H3. The van der Waals surface area contributed by atoms with E-state index in [9.17, 15) is 0 Å². The monoisotopic (exact) mass is 199 g/mol. The Balaban J connectivity index is 2.11. The Bertz CT molecular complexity index is 132. The third-order valence-corrected chi connectivity index (χ3v) is 3.16. The second kappa shape index (κ2) is 7.24. The number of hydrogen-bond donors (Lipinski definition) is 1. The van der Waals surface area contributed by atoms with E-state index >= 15 is 0 Å². The summed E-state index contributed by atoms with van der Waals surface area (Å²) in [6.07, 6.45) is 6.47. The van der Waals surface area contributed by atoms with Crippen LogP contribution < -0.4 is 5.32 Å². The van der Waals surface area contributed by atoms with E-state index in [1.54, 1.807) is 0 Å². The molecule has 1 aliphatic heterocycles. The molecule has 0 amide bonds. The molecule has 1 rings (SSSR count). The van der Waals surface area contributed by atoms with Gasteiger partial charge in [-0.3, -0.25) is 0 Å². The van der Waals surface area contributed by atoms with Gasteiger partial charge in [-0.15, -0.1) is 0 Å². The van der Waals surface area contributed by atoms with E-state index in [0.717, 1.165) is 19.1 Å². The minimum Gasteiger partial charge on any atom is -0.381 e. The first-order chi connectivity index (χ1) is 6.88. The second-order valence-electron chi connectivity index (χ2n) is 4.30. The summed E-state index contributed by atoms with van der Waals surface area (Å²) >= 11 is 0. The molecular weight excluding hydrogens is 174 g/mol. The SMILES string of the molecule is CCCCCNC(CC)C1CCOC1. The predicted molar refractivity (Wildman–Crippen MR) is 60.5 cm³/mol. The van der Waals surface area contributed by atoms with Crippen molar-refractivity contribution in [2.45, 2.75) is 52.0 Å². The minimum atomic E-state index is 0.689. The van der Waals surface area contributed by atoms with Gasteiger partial charge in [-0.05, 0) is 31.7 Å². The van der Waals surface area contributed by atoms with Crippen molar-refractivity contribution >= 4 is 0 Å². The highest BCUT2D eigenvalue weighted by Gasteiger charge is 2.23. The van der Waals surface area contributed by atoms with Crippen LogP contribution in [0, 0.1) is 5.92 Å². The van der Waals surface area contributed by atoms with E-state index in [1.807, 2.05) is 0 Å². The Kier molecular flexibility index (Phi) is 6.20. The van der Waals surface area contributed by atoms with Crippen molar-refractivity contribution in [1.29, 1.82) is 0 Å². The smallest absolute Gasteiger partial charge is 0.0509 e. The van der Waals surface area contributed by atoms with Crippen LogP contribution in [0.3, 0.4) is 0 Å². The quantitative estimate of drug-likeness (QED) is 0.636. The third-order valence-electron chi connectivity index (χ3n) is 3.16. The molecule has 1 fully saturated rings. The molecule has 1 aliphatic rings. The van der Waals surface area contributed by atoms with Gasteiger partial charge in [-0.2, -0.15) is 0 Å². The van der Waals surface area contributed by atoms with Crippen LogP contribution in [0.5, 0.6) is 0 Å². The molecule has 1 N–H and O–H groups in total. The van der Waals surface area contributed by atoms with Gasteiger partial charge < -0.3 is 10.1 Å². The summed E-state index contributed by atoms with van der Waals surface area (Å²) in [4.78, 5) is 0. The summed E-state index contributed by atoms with van der Waals surface area (Å²) in [5.41, 5.74) is 0. The maximum Gasteiger partial charge on any atom is 0.0509 e. The van der Waals surface area contributed by atoms with E-state index in [0.29, 0.717) is 6.04 Å². The number of hydrogen-bond acceptors (Lipinski definition) is 2. The van der Waals surface area contributed by atoms with Crippen molar-refractivity contribution in [3.05, 3.63) is 0 Å². The fourth-order valence-electron chi connectivity index (χ4n) is 2.18. The Labute approximate surface area is 88.4 Å². The molecule has 0 bridgehead atoms. The Hall–Kier alpha value is -0.0800. The highest BCUT2D eigenvalue weighted by Crippen LogP contribution is 2.18. The molecule has 2 heteroatoms. The molecule has 0 aromatic rings. The van der Waals surface area contributed by atoms with Gasteiger partial charge in [-0.25, -0.2) is 0 Å². The highest BCUT2D eigenvalue weighted by atomic mass is 16.5. The van der Waals surface area contributed by atoms with Gasteiger partial charge in [0.25, 0.3) is 0 Å². The summed E-state index contributed by atoms with van der Waals surface area (Å²) in [6, 6.07) is 0.689. The topological polar surface area (TPSA) is 21.3 Å². The Morgan fingerprint density at radius 2 is 2.21 bits per heavy atom. The average molecular weight is 199 g/mol. The van der Waals surface area contributed by atoms with Crippen LogP contribution in [0.15, 0.2) is 0 Å². The normalized spacial score (nSPS) is 24.0. The van der Waals surface area contributed by atoms with Gasteiger partial charge in [-0.1, -0.05) is 26.7 Å². The Morgan fingerprint density at radius 3 is 2.79 bits per heavy atom. The van der Waals surface area contributed by atoms with Crippen LogP contribution in [0.2, 0.25) is 0 Å². The first kappa shape index (κ1) is 12.0. The molecule has 14 heavy (non-hydrogen) atoms. The van der Waals surface area contributed by atoms with Gasteiger partial charge in [0, 0.05) is 12.6 Å². The summed E-state index contributed by atoms with van der Waals surface area (Å²) in [6.45, 7) is 7.65. The van der Waals surface area contributed by atoms with Gasteiger partial charge in [0.05, 0.1) is 6.61 Å². The molecule has 0 radical (unpaired) electrons. The molecule has 0 aromatic heterocycles. The highest BCUT2D eigenvalue weighted by molar-refractivity contribution is 4.78. The molecule has 1 saturated heterocycles. The fraction of sp³-hybridized carbons (Fsp3) is 1.00. The van der Waals surface area contributed by atoms with Crippen LogP contribution in [-0.4, -0.2) is 25.8 Å². The van der Waals surface area contributed by atoms with E-state index < -0.39 is 0 Å². The van der Waals surface area contributed by atoms with E-state index in [1.165, 1.54) is 38.6 Å². The molecule has 2 nitrogen and oxygen atoms in total. The first-order valence-electron chi connectivity index (χ1n) is 6.19. The van der Waals surface area contributed by atoms with Gasteiger partial charge in [0.15, 0.2) is 0 Å². The van der Waals surface area contributed by atoms with Crippen LogP contribution >= 0.6 is 0 Å². The van der Waals surface area contributed by atoms with Crippen LogP contribution in [0.4, 0.5) is 0 Å². The second-order valence-corrected chi connectivity index (χ2v) is 4.30. The van der Waals surface area contributed by atoms with Crippen LogP contribution in [-0.2, 0) is 4.74 Å². The van der Waals surface area contributed by atoms with E-state index in [-0.39, 0.29) is 0 Å². The summed E-state index contributed by atoms with van der Waals surface area (Å²) in [5, 5.41) is 3.67. The molecule has 84 valence electrons. The van der Waals surface area contributed by atoms with Crippen molar-refractivity contribution in [2.24, 2.45) is 5.92 Å². The number of rotatable bonds is 7. The number of nitrogens with one attached hydrogen (secondary N) is 1. The molecule has 0 aliphatic carbocycles. The van der Waals surface area contributed by atoms with Gasteiger partial charge in [0.2, 0.25) is 0 Å². The van der Waals surface area contributed by atoms with Crippen molar-refractivity contribution in [2.75, 3.05) is 19.8 Å². The third kappa shape index (κ3) is 3.97. The van der Waals surface area contributed by atoms with Crippen molar-refractivity contribution in [3.63, 3.8) is 0 Å². The first-order valence-corrected chi connectivity index (χ1v) is 6.19. The molecule has 2 unspecified atom stereocenters. The lowest BCUT2D eigenvalue weighted by Crippen LogP contribution is -2.36. The fourth-order valence-corrected chi connectivity index (χ4v) is 2.18. The lowest BCUT2D eigenvalue weighted by Gasteiger charge is -2.22. The maximum absolute atomic E-state index is 5.43. The summed E-state index contributed by atoms with van der Waals surface area (Å²) < 4.78 is 5.43. The minimum absolute atomic E-state index is 0.689. The molecular formula is C12H25NO. The zero-order valence-corrected chi connectivity index (χ0v) is 9.72. The van der Waals surface area contributed by atoms with E-state index in [2.05, 4.69) is 19.2 Å². The molecule has 2 atom stereocenters. The van der Waals surface area contributed by atoms with Crippen molar-refractivity contribution in [3.8, 4) is 0 Å². The molecule has 0 aromatic carbocycles. The summed E-state index contributed by atoms with van der Waals surface area (Å²) in [5.74, 6) is 0.765. The van der Waals surface area contributed by atoms with Crippen LogP contribution in [0.25, 0.3) is 0 Å². The molecule has 0 saturated carbocycles. The van der Waals surface area contributed by atoms with E-state index in [4.69, 9.17) is 4.74 Å². The van der Waals surface area contributed by atoms with Crippen molar-refractivity contribution < 1.29 is 4.74 Å². The predicted octanol–water partition coefficient (Wildman–Crippen LogP) is 2.58.